The van der Waals surface area contributed by atoms with E-state index in [-0.39, 0.29) is 24.6 Å². The fraction of sp³-hybridized carbons (Fsp3) is 0.543. The first-order chi connectivity index (χ1) is 28.9. The van der Waals surface area contributed by atoms with Gasteiger partial charge in [0.15, 0.2) is 23.0 Å². The van der Waals surface area contributed by atoms with Crippen LogP contribution in [0.1, 0.15) is 86.4 Å². The molecule has 3 aromatic carbocycles. The van der Waals surface area contributed by atoms with E-state index in [1.807, 2.05) is 30.9 Å². The molecule has 3 aliphatic rings. The molecule has 6 atom stereocenters. The number of hydrogen-bond donors (Lipinski definition) is 4. The molecule has 14 nitrogen and oxygen atoms in total. The van der Waals surface area contributed by atoms with Crippen LogP contribution in [-0.2, 0) is 33.8 Å². The molecule has 6 rings (SSSR count). The fourth-order valence-corrected chi connectivity index (χ4v) is 9.25. The minimum Gasteiger partial charge on any atom is -0.493 e. The standard InChI is InChI=1S/C46H63N5O9/c1-8-29-24-50-15-13-30-20-40(56-4)42(58-6)22-34(30)38(50)18-32(29)19-39-35-23-43(59-7)41(57-5)21-31(35)14-16-51(39)46(55)60-26-28-9-11-33(12-10-28)48-45(54)37(17-27(2)3)49-44(53)36(47)25-52/h9-12,20-23,27,29,32,36-39,52H,8,13-19,24-26,47H2,1-7H3,(H,48,54)(H,49,53)/t29-,32+,36-,37-,38-,39+/m0/s1. The Bertz CT molecular complexity index is 1970. The molecule has 0 unspecified atom stereocenters. The van der Waals surface area contributed by atoms with Crippen molar-refractivity contribution in [2.75, 3.05) is 60.0 Å². The number of anilines is 1. The van der Waals surface area contributed by atoms with E-state index in [0.29, 0.717) is 48.4 Å². The van der Waals surface area contributed by atoms with Crippen LogP contribution in [0.3, 0.4) is 0 Å². The van der Waals surface area contributed by atoms with E-state index in [1.165, 1.54) is 11.1 Å². The van der Waals surface area contributed by atoms with E-state index in [2.05, 4.69) is 34.6 Å². The van der Waals surface area contributed by atoms with Crippen LogP contribution in [-0.4, -0.2) is 99.6 Å². The number of methoxy groups -OCH3 is 4. The van der Waals surface area contributed by atoms with Gasteiger partial charge in [-0.2, -0.15) is 0 Å². The van der Waals surface area contributed by atoms with E-state index >= 15 is 0 Å². The van der Waals surface area contributed by atoms with Gasteiger partial charge in [0.25, 0.3) is 0 Å². The first-order valence-corrected chi connectivity index (χ1v) is 21.1. The van der Waals surface area contributed by atoms with Gasteiger partial charge in [-0.05, 0) is 114 Å². The maximum atomic E-state index is 14.2. The average Bonchev–Trinajstić information content (AvgIpc) is 3.26. The Labute approximate surface area is 354 Å². The Kier molecular flexibility index (Phi) is 14.8. The van der Waals surface area contributed by atoms with Gasteiger partial charge in [0.1, 0.15) is 18.7 Å². The summed E-state index contributed by atoms with van der Waals surface area (Å²) in [5.74, 6) is 2.67. The lowest BCUT2D eigenvalue weighted by atomic mass is 9.72. The largest absolute Gasteiger partial charge is 0.493 e. The number of hydrogen-bond acceptors (Lipinski definition) is 11. The third kappa shape index (κ3) is 9.93. The lowest BCUT2D eigenvalue weighted by Crippen LogP contribution is -2.51. The van der Waals surface area contributed by atoms with Gasteiger partial charge in [-0.25, -0.2) is 4.79 Å². The van der Waals surface area contributed by atoms with Crippen LogP contribution < -0.4 is 35.3 Å². The molecule has 60 heavy (non-hydrogen) atoms. The van der Waals surface area contributed by atoms with Crippen LogP contribution in [0.2, 0.25) is 0 Å². The van der Waals surface area contributed by atoms with Gasteiger partial charge in [-0.3, -0.25) is 14.5 Å². The Morgan fingerprint density at radius 2 is 1.43 bits per heavy atom. The first kappa shape index (κ1) is 44.5. The molecule has 3 aliphatic heterocycles. The number of fused-ring (bicyclic) bond motifs is 4. The summed E-state index contributed by atoms with van der Waals surface area (Å²) in [5, 5.41) is 14.8. The Morgan fingerprint density at radius 1 is 0.833 bits per heavy atom. The molecule has 0 aliphatic carbocycles. The smallest absolute Gasteiger partial charge is 0.410 e. The van der Waals surface area contributed by atoms with Gasteiger partial charge in [0.2, 0.25) is 11.8 Å². The van der Waals surface area contributed by atoms with E-state index < -0.39 is 36.6 Å². The molecule has 0 spiro atoms. The van der Waals surface area contributed by atoms with Crippen LogP contribution in [0.5, 0.6) is 23.0 Å². The summed E-state index contributed by atoms with van der Waals surface area (Å²) in [5.41, 5.74) is 11.7. The number of rotatable bonds is 16. The van der Waals surface area contributed by atoms with E-state index in [0.717, 1.165) is 67.0 Å². The number of aliphatic hydroxyl groups excluding tert-OH is 1. The second-order valence-corrected chi connectivity index (χ2v) is 16.7. The van der Waals surface area contributed by atoms with Crippen molar-refractivity contribution in [3.8, 4) is 23.0 Å². The number of carbonyl (C=O) groups excluding carboxylic acids is 3. The van der Waals surface area contributed by atoms with Crippen molar-refractivity contribution < 1.29 is 43.2 Å². The molecule has 3 amide bonds. The summed E-state index contributed by atoms with van der Waals surface area (Å²) < 4.78 is 28.9. The number of nitrogens with two attached hydrogens (primary N) is 1. The number of piperidine rings is 1. The summed E-state index contributed by atoms with van der Waals surface area (Å²) in [7, 11) is 6.63. The van der Waals surface area contributed by atoms with Crippen molar-refractivity contribution in [3.63, 3.8) is 0 Å². The van der Waals surface area contributed by atoms with Crippen LogP contribution in [0, 0.1) is 17.8 Å². The van der Waals surface area contributed by atoms with Crippen LogP contribution in [0.25, 0.3) is 0 Å². The summed E-state index contributed by atoms with van der Waals surface area (Å²) in [6.45, 7) is 8.15. The third-order valence-corrected chi connectivity index (χ3v) is 12.5. The third-order valence-electron chi connectivity index (χ3n) is 12.5. The zero-order chi connectivity index (χ0) is 43.1. The summed E-state index contributed by atoms with van der Waals surface area (Å²) >= 11 is 0. The molecule has 0 aromatic heterocycles. The number of carbonyl (C=O) groups is 3. The van der Waals surface area contributed by atoms with Crippen molar-refractivity contribution in [3.05, 3.63) is 76.3 Å². The highest BCUT2D eigenvalue weighted by molar-refractivity contribution is 5.97. The van der Waals surface area contributed by atoms with Gasteiger partial charge in [-0.15, -0.1) is 0 Å². The predicted molar refractivity (Wildman–Crippen MR) is 228 cm³/mol. The Hall–Kier alpha value is -5.05. The highest BCUT2D eigenvalue weighted by Gasteiger charge is 2.42. The molecule has 0 saturated carbocycles. The van der Waals surface area contributed by atoms with Crippen molar-refractivity contribution in [1.29, 1.82) is 0 Å². The molecular weight excluding hydrogens is 767 g/mol. The van der Waals surface area contributed by atoms with Crippen molar-refractivity contribution in [2.45, 2.75) is 90.1 Å². The SMILES string of the molecule is CC[C@H]1CN2CCc3cc(OC)c(OC)cc3[C@@H]2C[C@@H]1C[C@@H]1c2cc(OC)c(OC)cc2CCN1C(=O)OCc1ccc(NC(=O)[C@H](CC(C)C)NC(=O)[C@@H](N)CO)cc1. The number of amides is 3. The van der Waals surface area contributed by atoms with Crippen LogP contribution >= 0.6 is 0 Å². The molecule has 0 bridgehead atoms. The quantitative estimate of drug-likeness (QED) is 0.138. The van der Waals surface area contributed by atoms with Gasteiger partial charge in [0, 0.05) is 31.4 Å². The van der Waals surface area contributed by atoms with E-state index in [1.54, 1.807) is 52.7 Å². The summed E-state index contributed by atoms with van der Waals surface area (Å²) in [6.07, 6.45) is 4.36. The van der Waals surface area contributed by atoms with E-state index in [9.17, 15) is 19.5 Å². The average molecular weight is 830 g/mol. The molecule has 1 fully saturated rings. The number of nitrogens with zero attached hydrogens (tertiary/aromatic N) is 2. The molecule has 3 heterocycles. The zero-order valence-corrected chi connectivity index (χ0v) is 36.1. The van der Waals surface area contributed by atoms with Crippen molar-refractivity contribution in [2.24, 2.45) is 23.5 Å². The minimum atomic E-state index is -1.12. The topological polar surface area (TPSA) is 174 Å². The van der Waals surface area contributed by atoms with Gasteiger partial charge < -0.3 is 50.1 Å². The monoisotopic (exact) mass is 829 g/mol. The molecule has 3 aromatic rings. The first-order valence-electron chi connectivity index (χ1n) is 21.1. The molecule has 5 N–H and O–H groups in total. The molecule has 14 heteroatoms. The summed E-state index contributed by atoms with van der Waals surface area (Å²) in [4.78, 5) is 44.3. The maximum absolute atomic E-state index is 14.2. The highest BCUT2D eigenvalue weighted by atomic mass is 16.6. The Morgan fingerprint density at radius 3 is 2.03 bits per heavy atom. The normalized spacial score (nSPS) is 20.8. The van der Waals surface area contributed by atoms with Crippen molar-refractivity contribution >= 4 is 23.6 Å². The lowest BCUT2D eigenvalue weighted by molar-refractivity contribution is -0.128. The number of aliphatic hydroxyl groups is 1. The minimum absolute atomic E-state index is 0.0419. The van der Waals surface area contributed by atoms with Gasteiger partial charge in [-0.1, -0.05) is 39.3 Å². The van der Waals surface area contributed by atoms with Crippen LogP contribution in [0.15, 0.2) is 48.5 Å². The lowest BCUT2D eigenvalue weighted by Gasteiger charge is -2.49. The van der Waals surface area contributed by atoms with Gasteiger partial charge >= 0.3 is 6.09 Å². The second kappa shape index (κ2) is 20.0. The molecule has 0 radical (unpaired) electrons. The maximum Gasteiger partial charge on any atom is 0.410 e. The molecule has 1 saturated heterocycles. The molecule has 326 valence electrons. The highest BCUT2D eigenvalue weighted by Crippen LogP contribution is 2.49. The van der Waals surface area contributed by atoms with Crippen molar-refractivity contribution in [1.82, 2.24) is 15.1 Å². The predicted octanol–water partition coefficient (Wildman–Crippen LogP) is 5.78. The van der Waals surface area contributed by atoms with Gasteiger partial charge in [0.05, 0.1) is 41.1 Å². The fourth-order valence-electron chi connectivity index (χ4n) is 9.25. The van der Waals surface area contributed by atoms with E-state index in [4.69, 9.17) is 29.4 Å². The van der Waals surface area contributed by atoms with Crippen LogP contribution in [0.4, 0.5) is 10.5 Å². The summed E-state index contributed by atoms with van der Waals surface area (Å²) in [6, 6.07) is 13.5. The number of benzene rings is 3. The second-order valence-electron chi connectivity index (χ2n) is 16.7. The number of nitrogens with one attached hydrogen (secondary N) is 2. The Balaban J connectivity index is 1.19. The number of ether oxygens (including phenoxy) is 5. The molecular formula is C46H63N5O9. The zero-order valence-electron chi connectivity index (χ0n) is 36.1.